The molecule has 5 nitrogen and oxygen atoms in total. The van der Waals surface area contributed by atoms with E-state index >= 15 is 0 Å². The first kappa shape index (κ1) is 12.0. The van der Waals surface area contributed by atoms with Crippen LogP contribution in [0.4, 0.5) is 6.01 Å². The van der Waals surface area contributed by atoms with Crippen molar-refractivity contribution in [2.45, 2.75) is 46.2 Å². The Morgan fingerprint density at radius 2 is 1.93 bits per heavy atom. The highest BCUT2D eigenvalue weighted by Gasteiger charge is 2.09. The molecule has 0 aliphatic rings. The average molecular weight is 212 g/mol. The van der Waals surface area contributed by atoms with Gasteiger partial charge in [0.05, 0.1) is 6.54 Å². The molecule has 0 fully saturated rings. The van der Waals surface area contributed by atoms with E-state index in [0.29, 0.717) is 24.5 Å². The zero-order chi connectivity index (χ0) is 11.1. The topological polar surface area (TPSA) is 63.0 Å². The van der Waals surface area contributed by atoms with Crippen molar-refractivity contribution in [1.82, 2.24) is 15.5 Å². The molecule has 0 radical (unpaired) electrons. The Balaban J connectivity index is 2.44. The van der Waals surface area contributed by atoms with E-state index in [-0.39, 0.29) is 0 Å². The molecule has 2 N–H and O–H groups in total. The standard InChI is InChI=1S/C10H20N4O/c1-4-8(5-2)12-10-14-13-9(15-10)7-11-6-3/h8,11H,4-7H2,1-3H3,(H,12,14). The summed E-state index contributed by atoms with van der Waals surface area (Å²) in [4.78, 5) is 0. The van der Waals surface area contributed by atoms with Crippen molar-refractivity contribution in [2.24, 2.45) is 0 Å². The summed E-state index contributed by atoms with van der Waals surface area (Å²) in [5, 5.41) is 14.2. The van der Waals surface area contributed by atoms with Gasteiger partial charge in [-0.05, 0) is 19.4 Å². The lowest BCUT2D eigenvalue weighted by Gasteiger charge is -2.11. The number of rotatable bonds is 7. The Bertz CT molecular complexity index is 270. The Kier molecular flexibility index (Phi) is 5.10. The van der Waals surface area contributed by atoms with Gasteiger partial charge in [-0.2, -0.15) is 0 Å². The van der Waals surface area contributed by atoms with Crippen LogP contribution in [0.3, 0.4) is 0 Å². The van der Waals surface area contributed by atoms with Crippen LogP contribution in [0.5, 0.6) is 0 Å². The molecular formula is C10H20N4O. The SMILES string of the molecule is CCNCc1nnc(NC(CC)CC)o1. The fourth-order valence-corrected chi connectivity index (χ4v) is 1.28. The minimum Gasteiger partial charge on any atom is -0.407 e. The van der Waals surface area contributed by atoms with E-state index in [1.165, 1.54) is 0 Å². The van der Waals surface area contributed by atoms with E-state index in [1.54, 1.807) is 0 Å². The van der Waals surface area contributed by atoms with E-state index in [1.807, 2.05) is 6.92 Å². The number of anilines is 1. The summed E-state index contributed by atoms with van der Waals surface area (Å²) < 4.78 is 5.42. The summed E-state index contributed by atoms with van der Waals surface area (Å²) >= 11 is 0. The molecule has 86 valence electrons. The van der Waals surface area contributed by atoms with Crippen LogP contribution in [0.15, 0.2) is 4.42 Å². The Labute approximate surface area is 90.7 Å². The summed E-state index contributed by atoms with van der Waals surface area (Å²) in [5.74, 6) is 0.630. The van der Waals surface area contributed by atoms with Gasteiger partial charge in [-0.3, -0.25) is 0 Å². The lowest BCUT2D eigenvalue weighted by atomic mass is 10.2. The molecule has 1 rings (SSSR count). The molecule has 0 atom stereocenters. The monoisotopic (exact) mass is 212 g/mol. The van der Waals surface area contributed by atoms with Gasteiger partial charge in [0.25, 0.3) is 0 Å². The molecule has 15 heavy (non-hydrogen) atoms. The Morgan fingerprint density at radius 3 is 2.53 bits per heavy atom. The third-order valence-corrected chi connectivity index (χ3v) is 2.31. The second kappa shape index (κ2) is 6.40. The maximum absolute atomic E-state index is 5.42. The number of nitrogens with zero attached hydrogens (tertiary/aromatic N) is 2. The first-order valence-electron chi connectivity index (χ1n) is 5.59. The normalized spacial score (nSPS) is 10.9. The lowest BCUT2D eigenvalue weighted by molar-refractivity contribution is 0.474. The predicted molar refractivity (Wildman–Crippen MR) is 59.7 cm³/mol. The molecule has 0 aliphatic heterocycles. The van der Waals surface area contributed by atoms with E-state index in [2.05, 4.69) is 34.7 Å². The molecule has 1 heterocycles. The predicted octanol–water partition coefficient (Wildman–Crippen LogP) is 1.78. The summed E-state index contributed by atoms with van der Waals surface area (Å²) in [6.07, 6.45) is 2.11. The van der Waals surface area contributed by atoms with Crippen molar-refractivity contribution in [3.63, 3.8) is 0 Å². The summed E-state index contributed by atoms with van der Waals surface area (Å²) in [7, 11) is 0. The molecule has 0 aromatic carbocycles. The van der Waals surface area contributed by atoms with Crippen molar-refractivity contribution in [3.05, 3.63) is 5.89 Å². The summed E-state index contributed by atoms with van der Waals surface area (Å²) in [6, 6.07) is 0.939. The van der Waals surface area contributed by atoms with Crippen LogP contribution in [0.2, 0.25) is 0 Å². The Hall–Kier alpha value is -1.10. The van der Waals surface area contributed by atoms with Crippen molar-refractivity contribution >= 4 is 6.01 Å². The van der Waals surface area contributed by atoms with Gasteiger partial charge in [-0.25, -0.2) is 0 Å². The number of nitrogens with one attached hydrogen (secondary N) is 2. The van der Waals surface area contributed by atoms with Crippen molar-refractivity contribution < 1.29 is 4.42 Å². The maximum atomic E-state index is 5.42. The second-order valence-corrected chi connectivity index (χ2v) is 3.44. The van der Waals surface area contributed by atoms with Crippen LogP contribution in [-0.4, -0.2) is 22.8 Å². The minimum atomic E-state index is 0.414. The molecule has 0 unspecified atom stereocenters. The molecule has 0 saturated carbocycles. The van der Waals surface area contributed by atoms with Gasteiger partial charge < -0.3 is 15.1 Å². The largest absolute Gasteiger partial charge is 0.407 e. The zero-order valence-electron chi connectivity index (χ0n) is 9.71. The fourth-order valence-electron chi connectivity index (χ4n) is 1.28. The zero-order valence-corrected chi connectivity index (χ0v) is 9.71. The number of aromatic nitrogens is 2. The van der Waals surface area contributed by atoms with Gasteiger partial charge in [0.2, 0.25) is 5.89 Å². The van der Waals surface area contributed by atoms with Crippen LogP contribution in [0, 0.1) is 0 Å². The van der Waals surface area contributed by atoms with E-state index in [9.17, 15) is 0 Å². The molecular weight excluding hydrogens is 192 g/mol. The second-order valence-electron chi connectivity index (χ2n) is 3.44. The van der Waals surface area contributed by atoms with Gasteiger partial charge in [0.1, 0.15) is 0 Å². The number of hydrogen-bond donors (Lipinski definition) is 2. The summed E-state index contributed by atoms with van der Waals surface area (Å²) in [6.45, 7) is 7.85. The highest BCUT2D eigenvalue weighted by atomic mass is 16.4. The first-order valence-corrected chi connectivity index (χ1v) is 5.59. The van der Waals surface area contributed by atoms with Crippen molar-refractivity contribution in [2.75, 3.05) is 11.9 Å². The molecule has 0 amide bonds. The quantitative estimate of drug-likeness (QED) is 0.721. The fraction of sp³-hybridized carbons (Fsp3) is 0.800. The van der Waals surface area contributed by atoms with Crippen LogP contribution >= 0.6 is 0 Å². The van der Waals surface area contributed by atoms with Crippen LogP contribution in [-0.2, 0) is 6.54 Å². The van der Waals surface area contributed by atoms with E-state index < -0.39 is 0 Å². The van der Waals surface area contributed by atoms with Crippen molar-refractivity contribution in [1.29, 1.82) is 0 Å². The van der Waals surface area contributed by atoms with Gasteiger partial charge >= 0.3 is 6.01 Å². The van der Waals surface area contributed by atoms with E-state index in [4.69, 9.17) is 4.42 Å². The van der Waals surface area contributed by atoms with Gasteiger partial charge in [0, 0.05) is 6.04 Å². The highest BCUT2D eigenvalue weighted by Crippen LogP contribution is 2.09. The molecule has 5 heteroatoms. The lowest BCUT2D eigenvalue weighted by Crippen LogP contribution is -2.17. The summed E-state index contributed by atoms with van der Waals surface area (Å²) in [5.41, 5.74) is 0. The average Bonchev–Trinajstić information content (AvgIpc) is 2.70. The third-order valence-electron chi connectivity index (χ3n) is 2.31. The van der Waals surface area contributed by atoms with Crippen LogP contribution in [0.25, 0.3) is 0 Å². The molecule has 1 aromatic rings. The van der Waals surface area contributed by atoms with Crippen LogP contribution in [0.1, 0.15) is 39.5 Å². The smallest absolute Gasteiger partial charge is 0.315 e. The van der Waals surface area contributed by atoms with E-state index in [0.717, 1.165) is 19.4 Å². The third kappa shape index (κ3) is 3.87. The van der Waals surface area contributed by atoms with Gasteiger partial charge in [-0.15, -0.1) is 5.10 Å². The minimum absolute atomic E-state index is 0.414. The maximum Gasteiger partial charge on any atom is 0.315 e. The van der Waals surface area contributed by atoms with Gasteiger partial charge in [0.15, 0.2) is 0 Å². The molecule has 0 aliphatic carbocycles. The molecule has 0 saturated heterocycles. The number of hydrogen-bond acceptors (Lipinski definition) is 5. The van der Waals surface area contributed by atoms with Gasteiger partial charge in [-0.1, -0.05) is 25.9 Å². The first-order chi connectivity index (χ1) is 7.30. The van der Waals surface area contributed by atoms with Crippen molar-refractivity contribution in [3.8, 4) is 0 Å². The molecule has 0 spiro atoms. The van der Waals surface area contributed by atoms with Crippen LogP contribution < -0.4 is 10.6 Å². The molecule has 0 bridgehead atoms. The molecule has 1 aromatic heterocycles. The Morgan fingerprint density at radius 1 is 1.20 bits per heavy atom. The highest BCUT2D eigenvalue weighted by molar-refractivity contribution is 5.18.